The van der Waals surface area contributed by atoms with E-state index in [1.54, 1.807) is 0 Å². The first-order valence-corrected chi connectivity index (χ1v) is 10.8. The van der Waals surface area contributed by atoms with Crippen molar-refractivity contribution in [2.24, 2.45) is 5.92 Å². The van der Waals surface area contributed by atoms with Gasteiger partial charge >= 0.3 is 6.03 Å². The molecule has 6 heteroatoms. The third-order valence-corrected chi connectivity index (χ3v) is 5.78. The van der Waals surface area contributed by atoms with E-state index in [1.807, 2.05) is 56.3 Å². The summed E-state index contributed by atoms with van der Waals surface area (Å²) in [6.07, 6.45) is 1.41. The molecule has 1 fully saturated rings. The number of carbonyl (C=O) groups excluding carboxylic acids is 3. The van der Waals surface area contributed by atoms with Gasteiger partial charge in [-0.25, -0.2) is 4.79 Å². The summed E-state index contributed by atoms with van der Waals surface area (Å²) in [5, 5.41) is 5.70. The molecule has 31 heavy (non-hydrogen) atoms. The van der Waals surface area contributed by atoms with Crippen LogP contribution in [0.1, 0.15) is 56.8 Å². The average molecular weight is 422 g/mol. The van der Waals surface area contributed by atoms with Gasteiger partial charge in [-0.1, -0.05) is 75.4 Å². The molecule has 2 aromatic carbocycles. The zero-order valence-electron chi connectivity index (χ0n) is 18.6. The second-order valence-electron chi connectivity index (χ2n) is 8.58. The molecule has 0 bridgehead atoms. The highest BCUT2D eigenvalue weighted by Crippen LogP contribution is 2.32. The van der Waals surface area contributed by atoms with E-state index in [0.29, 0.717) is 17.9 Å². The number of urea groups is 1. The van der Waals surface area contributed by atoms with Gasteiger partial charge < -0.3 is 10.6 Å². The topological polar surface area (TPSA) is 78.5 Å². The van der Waals surface area contributed by atoms with Crippen LogP contribution in [0.15, 0.2) is 54.6 Å². The first kappa shape index (κ1) is 22.5. The maximum absolute atomic E-state index is 13.1. The Balaban J connectivity index is 1.66. The minimum atomic E-state index is -1.13. The largest absolute Gasteiger partial charge is 0.348 e. The summed E-state index contributed by atoms with van der Waals surface area (Å²) in [6.45, 7) is 7.78. The van der Waals surface area contributed by atoms with Gasteiger partial charge in [0.1, 0.15) is 12.1 Å². The van der Waals surface area contributed by atoms with Gasteiger partial charge in [0.05, 0.1) is 6.04 Å². The van der Waals surface area contributed by atoms with Crippen molar-refractivity contribution < 1.29 is 14.4 Å². The average Bonchev–Trinajstić information content (AvgIpc) is 2.99. The number of imide groups is 1. The number of hydrogen-bond donors (Lipinski definition) is 2. The van der Waals surface area contributed by atoms with Gasteiger partial charge in [0, 0.05) is 0 Å². The Morgan fingerprint density at radius 3 is 2.26 bits per heavy atom. The third kappa shape index (κ3) is 4.79. The fraction of sp³-hybridized carbons (Fsp3) is 0.400. The number of nitrogens with one attached hydrogen (secondary N) is 2. The fourth-order valence-electron chi connectivity index (χ4n) is 4.06. The minimum Gasteiger partial charge on any atom is -0.348 e. The molecule has 1 aliphatic rings. The molecule has 2 atom stereocenters. The maximum Gasteiger partial charge on any atom is 0.325 e. The molecule has 0 radical (unpaired) electrons. The Bertz CT molecular complexity index is 940. The molecule has 6 nitrogen and oxygen atoms in total. The Morgan fingerprint density at radius 1 is 1.03 bits per heavy atom. The molecular weight excluding hydrogens is 390 g/mol. The first-order valence-electron chi connectivity index (χ1n) is 10.8. The normalized spacial score (nSPS) is 19.5. The molecule has 2 aromatic rings. The molecule has 0 saturated carbocycles. The van der Waals surface area contributed by atoms with E-state index in [4.69, 9.17) is 0 Å². The van der Waals surface area contributed by atoms with Crippen molar-refractivity contribution in [1.82, 2.24) is 15.5 Å². The summed E-state index contributed by atoms with van der Waals surface area (Å²) in [4.78, 5) is 39.4. The highest BCUT2D eigenvalue weighted by molar-refractivity contribution is 6.09. The highest BCUT2D eigenvalue weighted by atomic mass is 16.2. The van der Waals surface area contributed by atoms with Crippen LogP contribution < -0.4 is 10.6 Å². The summed E-state index contributed by atoms with van der Waals surface area (Å²) >= 11 is 0. The van der Waals surface area contributed by atoms with Crippen LogP contribution in [-0.4, -0.2) is 29.3 Å². The lowest BCUT2D eigenvalue weighted by Crippen LogP contribution is -2.45. The molecule has 0 aromatic heterocycles. The van der Waals surface area contributed by atoms with Crippen molar-refractivity contribution >= 4 is 17.8 Å². The highest BCUT2D eigenvalue weighted by Gasteiger charge is 2.51. The lowest BCUT2D eigenvalue weighted by Gasteiger charge is -2.25. The number of carbonyl (C=O) groups is 3. The van der Waals surface area contributed by atoms with Gasteiger partial charge in [-0.2, -0.15) is 0 Å². The van der Waals surface area contributed by atoms with Crippen LogP contribution >= 0.6 is 0 Å². The molecule has 0 unspecified atom stereocenters. The van der Waals surface area contributed by atoms with Crippen molar-refractivity contribution in [2.45, 2.75) is 52.1 Å². The number of benzene rings is 2. The van der Waals surface area contributed by atoms with Crippen LogP contribution in [0.4, 0.5) is 4.79 Å². The van der Waals surface area contributed by atoms with E-state index in [0.717, 1.165) is 16.9 Å². The van der Waals surface area contributed by atoms with E-state index in [1.165, 1.54) is 5.56 Å². The lowest BCUT2D eigenvalue weighted by atomic mass is 9.87. The van der Waals surface area contributed by atoms with E-state index in [-0.39, 0.29) is 18.5 Å². The van der Waals surface area contributed by atoms with E-state index >= 15 is 0 Å². The maximum atomic E-state index is 13.1. The van der Waals surface area contributed by atoms with Gasteiger partial charge in [0.25, 0.3) is 5.91 Å². The molecule has 0 spiro atoms. The van der Waals surface area contributed by atoms with Gasteiger partial charge in [0.2, 0.25) is 5.91 Å². The molecule has 0 aliphatic carbocycles. The molecule has 1 saturated heterocycles. The summed E-state index contributed by atoms with van der Waals surface area (Å²) in [5.74, 6) is -0.187. The second-order valence-corrected chi connectivity index (χ2v) is 8.58. The SMILES string of the molecule is CC[C@@]1(c2ccccc2)NC(=O)N(CC(=O)N[C@H](C)c2ccc(CC(C)C)cc2)C1=O. The second kappa shape index (κ2) is 9.33. The zero-order chi connectivity index (χ0) is 22.6. The third-order valence-electron chi connectivity index (χ3n) is 5.78. The minimum absolute atomic E-state index is 0.230. The summed E-state index contributed by atoms with van der Waals surface area (Å²) in [6, 6.07) is 16.5. The van der Waals surface area contributed by atoms with Crippen LogP contribution in [0, 0.1) is 5.92 Å². The van der Waals surface area contributed by atoms with Gasteiger partial charge in [-0.05, 0) is 42.4 Å². The van der Waals surface area contributed by atoms with Crippen LogP contribution in [0.25, 0.3) is 0 Å². The molecular formula is C25H31N3O3. The number of nitrogens with zero attached hydrogens (tertiary/aromatic N) is 1. The van der Waals surface area contributed by atoms with E-state index in [9.17, 15) is 14.4 Å². The Hall–Kier alpha value is -3.15. The predicted molar refractivity (Wildman–Crippen MR) is 120 cm³/mol. The van der Waals surface area contributed by atoms with Crippen molar-refractivity contribution in [2.75, 3.05) is 6.54 Å². The molecule has 4 amide bonds. The standard InChI is InChI=1S/C25H31N3O3/c1-5-25(21-9-7-6-8-10-21)23(30)28(24(31)27-25)16-22(29)26-18(4)20-13-11-19(12-14-20)15-17(2)3/h6-14,17-18H,5,15-16H2,1-4H3,(H,26,29)(H,27,31)/t18-,25+/m1/s1. The number of rotatable bonds is 8. The van der Waals surface area contributed by atoms with Crippen LogP contribution in [-0.2, 0) is 21.5 Å². The predicted octanol–water partition coefficient (Wildman–Crippen LogP) is 3.92. The van der Waals surface area contributed by atoms with Crippen LogP contribution in [0.2, 0.25) is 0 Å². The van der Waals surface area contributed by atoms with Crippen molar-refractivity contribution in [3.05, 3.63) is 71.3 Å². The first-order chi connectivity index (χ1) is 14.8. The van der Waals surface area contributed by atoms with Gasteiger partial charge in [0.15, 0.2) is 0 Å². The molecule has 2 N–H and O–H groups in total. The number of hydrogen-bond acceptors (Lipinski definition) is 3. The summed E-state index contributed by atoms with van der Waals surface area (Å²) in [7, 11) is 0. The monoisotopic (exact) mass is 421 g/mol. The smallest absolute Gasteiger partial charge is 0.325 e. The molecule has 3 rings (SSSR count). The van der Waals surface area contributed by atoms with Crippen LogP contribution in [0.3, 0.4) is 0 Å². The quantitative estimate of drug-likeness (QED) is 0.634. The van der Waals surface area contributed by atoms with Crippen molar-refractivity contribution in [3.8, 4) is 0 Å². The van der Waals surface area contributed by atoms with Gasteiger partial charge in [-0.3, -0.25) is 14.5 Å². The Morgan fingerprint density at radius 2 is 1.68 bits per heavy atom. The number of amides is 4. The Labute approximate surface area is 184 Å². The molecule has 1 heterocycles. The zero-order valence-corrected chi connectivity index (χ0v) is 18.6. The van der Waals surface area contributed by atoms with Gasteiger partial charge in [-0.15, -0.1) is 0 Å². The summed E-state index contributed by atoms with van der Waals surface area (Å²) in [5.41, 5.74) is 1.82. The van der Waals surface area contributed by atoms with E-state index in [2.05, 4.69) is 36.6 Å². The fourth-order valence-corrected chi connectivity index (χ4v) is 4.06. The molecule has 164 valence electrons. The Kier molecular flexibility index (Phi) is 6.78. The van der Waals surface area contributed by atoms with E-state index < -0.39 is 17.5 Å². The molecule has 1 aliphatic heterocycles. The summed E-state index contributed by atoms with van der Waals surface area (Å²) < 4.78 is 0. The van der Waals surface area contributed by atoms with Crippen LogP contribution in [0.5, 0.6) is 0 Å². The van der Waals surface area contributed by atoms with Crippen molar-refractivity contribution in [3.63, 3.8) is 0 Å². The lowest BCUT2D eigenvalue weighted by molar-refractivity contribution is -0.135. The van der Waals surface area contributed by atoms with Crippen molar-refractivity contribution in [1.29, 1.82) is 0 Å².